The lowest BCUT2D eigenvalue weighted by Gasteiger charge is -2.29. The number of carbonyl (C=O) groups excluding carboxylic acids is 1. The van der Waals surface area contributed by atoms with Crippen LogP contribution in [-0.4, -0.2) is 70.5 Å². The number of likely N-dealkylation sites (tertiary alicyclic amines) is 1. The van der Waals surface area contributed by atoms with Gasteiger partial charge in [-0.3, -0.25) is 9.48 Å². The molecule has 4 rings (SSSR count). The maximum Gasteiger partial charge on any atom is 0.248 e. The summed E-state index contributed by atoms with van der Waals surface area (Å²) in [7, 11) is 3.40. The number of rotatable bonds is 5. The molecule has 0 spiro atoms. The van der Waals surface area contributed by atoms with Crippen molar-refractivity contribution in [2.75, 3.05) is 50.1 Å². The van der Waals surface area contributed by atoms with E-state index in [0.29, 0.717) is 29.9 Å². The summed E-state index contributed by atoms with van der Waals surface area (Å²) < 4.78 is 6.73. The van der Waals surface area contributed by atoms with Crippen molar-refractivity contribution < 1.29 is 9.53 Å². The number of fused-ring (bicyclic) bond motifs is 1. The Bertz CT molecular complexity index is 915. The van der Waals surface area contributed by atoms with Gasteiger partial charge in [0.1, 0.15) is 11.6 Å². The molecule has 9 nitrogen and oxygen atoms in total. The minimum Gasteiger partial charge on any atom is -0.375 e. The van der Waals surface area contributed by atoms with Crippen LogP contribution in [0.2, 0.25) is 5.02 Å². The van der Waals surface area contributed by atoms with Crippen LogP contribution >= 0.6 is 11.6 Å². The summed E-state index contributed by atoms with van der Waals surface area (Å²) in [5, 5.41) is 7.82. The molecule has 4 heterocycles. The lowest BCUT2D eigenvalue weighted by atomic mass is 9.71. The Kier molecular flexibility index (Phi) is 4.90. The first-order valence-corrected chi connectivity index (χ1v) is 9.91. The SMILES string of the molecule is COCC(=O)N1C[C@@]2(C)CN(c3nc(Nc4cnn(C)c4)ncc3Cl)C[C@@]2(C)C1. The van der Waals surface area contributed by atoms with Gasteiger partial charge in [-0.15, -0.1) is 0 Å². The van der Waals surface area contributed by atoms with Crippen LogP contribution in [-0.2, 0) is 16.6 Å². The van der Waals surface area contributed by atoms with Crippen LogP contribution in [0, 0.1) is 10.8 Å². The number of aromatic nitrogens is 4. The van der Waals surface area contributed by atoms with E-state index in [9.17, 15) is 4.79 Å². The van der Waals surface area contributed by atoms with E-state index in [1.54, 1.807) is 24.2 Å². The van der Waals surface area contributed by atoms with Gasteiger partial charge in [-0.1, -0.05) is 25.4 Å². The third-order valence-electron chi connectivity index (χ3n) is 6.22. The molecule has 2 aliphatic heterocycles. The van der Waals surface area contributed by atoms with Crippen LogP contribution in [0.15, 0.2) is 18.6 Å². The number of nitrogens with one attached hydrogen (secondary N) is 1. The van der Waals surface area contributed by atoms with Crippen molar-refractivity contribution >= 4 is 35.0 Å². The number of amides is 1. The average Bonchev–Trinajstić information content (AvgIpc) is 3.24. The summed E-state index contributed by atoms with van der Waals surface area (Å²) >= 11 is 6.46. The molecular weight excluding hydrogens is 394 g/mol. The van der Waals surface area contributed by atoms with Gasteiger partial charge in [-0.2, -0.15) is 10.1 Å². The number of anilines is 3. The van der Waals surface area contributed by atoms with Gasteiger partial charge in [0.15, 0.2) is 5.82 Å². The molecule has 2 saturated heterocycles. The van der Waals surface area contributed by atoms with Gasteiger partial charge in [-0.05, 0) is 0 Å². The Morgan fingerprint density at radius 1 is 1.24 bits per heavy atom. The normalized spacial score (nSPS) is 26.1. The summed E-state index contributed by atoms with van der Waals surface area (Å²) in [5.74, 6) is 1.22. The summed E-state index contributed by atoms with van der Waals surface area (Å²) in [6, 6.07) is 0. The number of carbonyl (C=O) groups is 1. The maximum absolute atomic E-state index is 12.3. The van der Waals surface area contributed by atoms with Crippen LogP contribution in [0.4, 0.5) is 17.5 Å². The van der Waals surface area contributed by atoms with E-state index in [-0.39, 0.29) is 23.3 Å². The van der Waals surface area contributed by atoms with Gasteiger partial charge in [0.25, 0.3) is 0 Å². The first-order chi connectivity index (χ1) is 13.7. The predicted octanol–water partition coefficient (Wildman–Crippen LogP) is 1.93. The molecule has 2 fully saturated rings. The molecule has 29 heavy (non-hydrogen) atoms. The molecule has 1 amide bonds. The first-order valence-electron chi connectivity index (χ1n) is 9.53. The standard InChI is InChI=1S/C19H26ClN7O2/c1-18-9-26(15(28)8-29-4)10-19(18,2)12-27(11-18)16-14(20)6-21-17(24-16)23-13-5-22-25(3)7-13/h5-7H,8-12H2,1-4H3,(H,21,23,24)/t18-,19+. The Morgan fingerprint density at radius 3 is 2.52 bits per heavy atom. The Morgan fingerprint density at radius 2 is 1.93 bits per heavy atom. The number of halogens is 1. The van der Waals surface area contributed by atoms with E-state index in [1.165, 1.54) is 0 Å². The molecule has 0 saturated carbocycles. The van der Waals surface area contributed by atoms with Gasteiger partial charge < -0.3 is 19.9 Å². The summed E-state index contributed by atoms with van der Waals surface area (Å²) in [5.41, 5.74) is 0.703. The van der Waals surface area contributed by atoms with Crippen LogP contribution in [0.1, 0.15) is 13.8 Å². The van der Waals surface area contributed by atoms with E-state index >= 15 is 0 Å². The number of hydrogen-bond donors (Lipinski definition) is 1. The number of hydrogen-bond acceptors (Lipinski definition) is 7. The Labute approximate surface area is 175 Å². The third kappa shape index (κ3) is 3.53. The second kappa shape index (κ2) is 7.14. The van der Waals surface area contributed by atoms with Crippen LogP contribution < -0.4 is 10.2 Å². The summed E-state index contributed by atoms with van der Waals surface area (Å²) in [6.07, 6.45) is 5.19. The van der Waals surface area contributed by atoms with E-state index in [2.05, 4.69) is 39.1 Å². The van der Waals surface area contributed by atoms with E-state index in [4.69, 9.17) is 16.3 Å². The van der Waals surface area contributed by atoms with Crippen LogP contribution in [0.25, 0.3) is 0 Å². The van der Waals surface area contributed by atoms with Gasteiger partial charge in [0.2, 0.25) is 11.9 Å². The molecule has 0 unspecified atom stereocenters. The summed E-state index contributed by atoms with van der Waals surface area (Å²) in [4.78, 5) is 25.4. The van der Waals surface area contributed by atoms with Crippen molar-refractivity contribution in [3.8, 4) is 0 Å². The van der Waals surface area contributed by atoms with Gasteiger partial charge in [0, 0.05) is 57.4 Å². The van der Waals surface area contributed by atoms with Crippen LogP contribution in [0.3, 0.4) is 0 Å². The van der Waals surface area contributed by atoms with Crippen LogP contribution in [0.5, 0.6) is 0 Å². The molecule has 0 bridgehead atoms. The van der Waals surface area contributed by atoms with Crippen molar-refractivity contribution in [2.24, 2.45) is 17.9 Å². The Balaban J connectivity index is 1.54. The van der Waals surface area contributed by atoms with Gasteiger partial charge >= 0.3 is 0 Å². The Hall–Kier alpha value is -2.39. The highest BCUT2D eigenvalue weighted by Crippen LogP contribution is 2.52. The zero-order valence-electron chi connectivity index (χ0n) is 17.1. The quantitative estimate of drug-likeness (QED) is 0.792. The smallest absolute Gasteiger partial charge is 0.248 e. The second-order valence-electron chi connectivity index (χ2n) is 8.55. The zero-order valence-corrected chi connectivity index (χ0v) is 17.9. The molecular formula is C19H26ClN7O2. The molecule has 2 aliphatic rings. The molecule has 1 N–H and O–H groups in total. The van der Waals surface area contributed by atoms with E-state index < -0.39 is 0 Å². The van der Waals surface area contributed by atoms with Gasteiger partial charge in [-0.25, -0.2) is 4.98 Å². The van der Waals surface area contributed by atoms with Crippen molar-refractivity contribution in [2.45, 2.75) is 13.8 Å². The van der Waals surface area contributed by atoms with E-state index in [1.807, 2.05) is 18.1 Å². The third-order valence-corrected chi connectivity index (χ3v) is 6.49. The van der Waals surface area contributed by atoms with Gasteiger partial charge in [0.05, 0.1) is 18.1 Å². The van der Waals surface area contributed by atoms with Crippen molar-refractivity contribution in [1.29, 1.82) is 0 Å². The predicted molar refractivity (Wildman–Crippen MR) is 110 cm³/mol. The number of methoxy groups -OCH3 is 1. The minimum absolute atomic E-state index is 0.0407. The molecule has 0 radical (unpaired) electrons. The maximum atomic E-state index is 12.3. The largest absolute Gasteiger partial charge is 0.375 e. The fraction of sp³-hybridized carbons (Fsp3) is 0.579. The molecule has 2 atom stereocenters. The molecule has 2 aromatic rings. The highest BCUT2D eigenvalue weighted by Gasteiger charge is 2.58. The molecule has 10 heteroatoms. The van der Waals surface area contributed by atoms with Crippen molar-refractivity contribution in [1.82, 2.24) is 24.6 Å². The zero-order chi connectivity index (χ0) is 20.8. The number of aryl methyl sites for hydroxylation is 1. The number of nitrogens with zero attached hydrogens (tertiary/aromatic N) is 6. The molecule has 0 aromatic carbocycles. The number of ether oxygens (including phenoxy) is 1. The molecule has 2 aromatic heterocycles. The highest BCUT2D eigenvalue weighted by molar-refractivity contribution is 6.32. The van der Waals surface area contributed by atoms with Crippen molar-refractivity contribution in [3.05, 3.63) is 23.6 Å². The summed E-state index contributed by atoms with van der Waals surface area (Å²) in [6.45, 7) is 7.52. The fourth-order valence-electron chi connectivity index (χ4n) is 4.46. The highest BCUT2D eigenvalue weighted by atomic mass is 35.5. The average molecular weight is 420 g/mol. The second-order valence-corrected chi connectivity index (χ2v) is 8.96. The van der Waals surface area contributed by atoms with Crippen molar-refractivity contribution in [3.63, 3.8) is 0 Å². The molecule has 156 valence electrons. The molecule has 0 aliphatic carbocycles. The lowest BCUT2D eigenvalue weighted by molar-refractivity contribution is -0.134. The fourth-order valence-corrected chi connectivity index (χ4v) is 4.67. The van der Waals surface area contributed by atoms with E-state index in [0.717, 1.165) is 18.8 Å². The first kappa shape index (κ1) is 19.9. The monoisotopic (exact) mass is 419 g/mol. The topological polar surface area (TPSA) is 88.4 Å². The lowest BCUT2D eigenvalue weighted by Crippen LogP contribution is -2.37. The minimum atomic E-state index is -0.0539.